The fraction of sp³-hybridized carbons (Fsp3) is 0.733. The summed E-state index contributed by atoms with van der Waals surface area (Å²) < 4.78 is 5.10. The van der Waals surface area contributed by atoms with Gasteiger partial charge in [-0.15, -0.1) is 0 Å². The Labute approximate surface area is 120 Å². The molecule has 0 spiro atoms. The van der Waals surface area contributed by atoms with Crippen molar-refractivity contribution in [1.29, 1.82) is 0 Å². The Morgan fingerprint density at radius 2 is 1.95 bits per heavy atom. The highest BCUT2D eigenvalue weighted by molar-refractivity contribution is 5.92. The monoisotopic (exact) mass is 280 g/mol. The van der Waals surface area contributed by atoms with Gasteiger partial charge in [0.1, 0.15) is 0 Å². The molecule has 0 aromatic heterocycles. The molecule has 0 aromatic rings. The number of rotatable bonds is 4. The number of carbonyl (C=O) groups excluding carboxylic acids is 2. The Hall–Kier alpha value is -1.52. The number of nitrogens with one attached hydrogen (secondary N) is 1. The molecular weight excluding hydrogens is 256 g/mol. The van der Waals surface area contributed by atoms with Gasteiger partial charge in [-0.25, -0.2) is 4.79 Å². The number of ether oxygens (including phenoxy) is 1. The van der Waals surface area contributed by atoms with Crippen LogP contribution < -0.4 is 5.32 Å². The van der Waals surface area contributed by atoms with Crippen molar-refractivity contribution in [2.45, 2.75) is 52.0 Å². The van der Waals surface area contributed by atoms with Crippen molar-refractivity contribution in [2.24, 2.45) is 0 Å². The van der Waals surface area contributed by atoms with Gasteiger partial charge in [-0.3, -0.25) is 4.79 Å². The second-order valence-electron chi connectivity index (χ2n) is 5.53. The lowest BCUT2D eigenvalue weighted by Crippen LogP contribution is -2.34. The van der Waals surface area contributed by atoms with Gasteiger partial charge in [-0.05, 0) is 19.8 Å². The first kappa shape index (κ1) is 14.9. The number of hydrogen-bond acceptors (Lipinski definition) is 4. The standard InChI is InChI=1S/C15H24N2O3/c1-3-20-15(19)13-9-17(11(2)18)10-14(13)16-12-7-5-4-6-8-12/h12,16H,3-10H2,1-2H3. The first-order valence-electron chi connectivity index (χ1n) is 7.53. The van der Waals surface area contributed by atoms with Crippen LogP contribution in [0.1, 0.15) is 46.0 Å². The van der Waals surface area contributed by atoms with Gasteiger partial charge in [0.2, 0.25) is 5.91 Å². The SMILES string of the molecule is CCOC(=O)C1=C(NC2CCCCC2)CN(C(C)=O)C1. The van der Waals surface area contributed by atoms with E-state index >= 15 is 0 Å². The Balaban J connectivity index is 2.07. The predicted molar refractivity (Wildman–Crippen MR) is 75.9 cm³/mol. The normalized spacial score (nSPS) is 20.2. The second kappa shape index (κ2) is 6.77. The maximum absolute atomic E-state index is 12.0. The quantitative estimate of drug-likeness (QED) is 0.795. The summed E-state index contributed by atoms with van der Waals surface area (Å²) in [5.74, 6) is -0.304. The van der Waals surface area contributed by atoms with Gasteiger partial charge in [0.25, 0.3) is 0 Å². The van der Waals surface area contributed by atoms with Crippen molar-refractivity contribution in [3.8, 4) is 0 Å². The van der Waals surface area contributed by atoms with Gasteiger partial charge in [0.05, 0.1) is 25.3 Å². The lowest BCUT2D eigenvalue weighted by atomic mass is 9.95. The zero-order valence-corrected chi connectivity index (χ0v) is 12.4. The van der Waals surface area contributed by atoms with Crippen molar-refractivity contribution in [3.05, 3.63) is 11.3 Å². The molecule has 5 nitrogen and oxygen atoms in total. The van der Waals surface area contributed by atoms with Crippen molar-refractivity contribution >= 4 is 11.9 Å². The molecule has 1 heterocycles. The van der Waals surface area contributed by atoms with E-state index in [2.05, 4.69) is 5.32 Å². The molecule has 0 saturated heterocycles. The topological polar surface area (TPSA) is 58.6 Å². The van der Waals surface area contributed by atoms with Crippen molar-refractivity contribution in [1.82, 2.24) is 10.2 Å². The fourth-order valence-electron chi connectivity index (χ4n) is 2.88. The van der Waals surface area contributed by atoms with E-state index < -0.39 is 0 Å². The summed E-state index contributed by atoms with van der Waals surface area (Å²) in [5.41, 5.74) is 1.50. The van der Waals surface area contributed by atoms with Crippen LogP contribution in [0.2, 0.25) is 0 Å². The molecule has 1 amide bonds. The number of hydrogen-bond donors (Lipinski definition) is 1. The van der Waals surface area contributed by atoms with Crippen LogP contribution in [0.4, 0.5) is 0 Å². The van der Waals surface area contributed by atoms with Crippen LogP contribution >= 0.6 is 0 Å². The number of carbonyl (C=O) groups is 2. The fourth-order valence-corrected chi connectivity index (χ4v) is 2.88. The molecule has 0 radical (unpaired) electrons. The van der Waals surface area contributed by atoms with E-state index in [1.54, 1.807) is 11.8 Å². The minimum atomic E-state index is -0.297. The zero-order valence-electron chi connectivity index (χ0n) is 12.4. The molecule has 0 unspecified atom stereocenters. The number of esters is 1. The lowest BCUT2D eigenvalue weighted by Gasteiger charge is -2.25. The van der Waals surface area contributed by atoms with Gasteiger partial charge in [-0.2, -0.15) is 0 Å². The molecule has 1 N–H and O–H groups in total. The molecule has 1 saturated carbocycles. The maximum Gasteiger partial charge on any atom is 0.337 e. The third-order valence-electron chi connectivity index (χ3n) is 4.01. The summed E-state index contributed by atoms with van der Waals surface area (Å²) in [7, 11) is 0. The largest absolute Gasteiger partial charge is 0.463 e. The molecule has 20 heavy (non-hydrogen) atoms. The third kappa shape index (κ3) is 3.52. The maximum atomic E-state index is 12.0. The van der Waals surface area contributed by atoms with Gasteiger partial charge in [0, 0.05) is 18.7 Å². The number of amides is 1. The van der Waals surface area contributed by atoms with Gasteiger partial charge in [-0.1, -0.05) is 19.3 Å². The van der Waals surface area contributed by atoms with Crippen LogP contribution in [0.15, 0.2) is 11.3 Å². The Kier molecular flexibility index (Phi) is 5.04. The average Bonchev–Trinajstić information content (AvgIpc) is 2.84. The first-order valence-corrected chi connectivity index (χ1v) is 7.53. The summed E-state index contributed by atoms with van der Waals surface area (Å²) in [6, 6.07) is 0.426. The molecule has 2 aliphatic rings. The molecule has 1 fully saturated rings. The van der Waals surface area contributed by atoms with Crippen molar-refractivity contribution in [3.63, 3.8) is 0 Å². The average molecular weight is 280 g/mol. The molecule has 112 valence electrons. The molecule has 0 bridgehead atoms. The minimum Gasteiger partial charge on any atom is -0.463 e. The smallest absolute Gasteiger partial charge is 0.337 e. The summed E-state index contributed by atoms with van der Waals surface area (Å²) in [6.45, 7) is 4.55. The van der Waals surface area contributed by atoms with E-state index in [0.717, 1.165) is 18.5 Å². The molecule has 1 aliphatic carbocycles. The highest BCUT2D eigenvalue weighted by atomic mass is 16.5. The van der Waals surface area contributed by atoms with E-state index in [9.17, 15) is 9.59 Å². The second-order valence-corrected chi connectivity index (χ2v) is 5.53. The van der Waals surface area contributed by atoms with Crippen LogP contribution in [0.5, 0.6) is 0 Å². The van der Waals surface area contributed by atoms with Crippen LogP contribution in [-0.2, 0) is 14.3 Å². The molecular formula is C15H24N2O3. The van der Waals surface area contributed by atoms with Crippen LogP contribution in [0.25, 0.3) is 0 Å². The Bertz CT molecular complexity index is 411. The van der Waals surface area contributed by atoms with Crippen LogP contribution in [0, 0.1) is 0 Å². The highest BCUT2D eigenvalue weighted by Crippen LogP contribution is 2.22. The Morgan fingerprint density at radius 1 is 1.25 bits per heavy atom. The molecule has 1 aliphatic heterocycles. The van der Waals surface area contributed by atoms with Crippen LogP contribution in [0.3, 0.4) is 0 Å². The number of nitrogens with zero attached hydrogens (tertiary/aromatic N) is 1. The van der Waals surface area contributed by atoms with Gasteiger partial charge in [0.15, 0.2) is 0 Å². The van der Waals surface area contributed by atoms with E-state index in [4.69, 9.17) is 4.74 Å². The first-order chi connectivity index (χ1) is 9.61. The summed E-state index contributed by atoms with van der Waals surface area (Å²) >= 11 is 0. The predicted octanol–water partition coefficient (Wildman–Crippen LogP) is 1.59. The van der Waals surface area contributed by atoms with E-state index in [1.807, 2.05) is 0 Å². The zero-order chi connectivity index (χ0) is 14.5. The lowest BCUT2D eigenvalue weighted by molar-refractivity contribution is -0.138. The molecule has 5 heteroatoms. The highest BCUT2D eigenvalue weighted by Gasteiger charge is 2.30. The molecule has 2 rings (SSSR count). The van der Waals surface area contributed by atoms with Gasteiger partial charge >= 0.3 is 5.97 Å². The minimum absolute atomic E-state index is 0.00718. The molecule has 0 atom stereocenters. The van der Waals surface area contributed by atoms with E-state index in [1.165, 1.54) is 26.2 Å². The van der Waals surface area contributed by atoms with E-state index in [-0.39, 0.29) is 11.9 Å². The van der Waals surface area contributed by atoms with Crippen molar-refractivity contribution in [2.75, 3.05) is 19.7 Å². The van der Waals surface area contributed by atoms with Crippen LogP contribution in [-0.4, -0.2) is 42.5 Å². The van der Waals surface area contributed by atoms with Crippen molar-refractivity contribution < 1.29 is 14.3 Å². The Morgan fingerprint density at radius 3 is 2.55 bits per heavy atom. The molecule has 0 aromatic carbocycles. The van der Waals surface area contributed by atoms with E-state index in [0.29, 0.717) is 31.3 Å². The summed E-state index contributed by atoms with van der Waals surface area (Å²) in [5, 5.41) is 3.48. The third-order valence-corrected chi connectivity index (χ3v) is 4.01. The van der Waals surface area contributed by atoms with Gasteiger partial charge < -0.3 is 15.0 Å². The summed E-state index contributed by atoms with van der Waals surface area (Å²) in [6.07, 6.45) is 6.03. The summed E-state index contributed by atoms with van der Waals surface area (Å²) in [4.78, 5) is 25.2.